The monoisotopic (exact) mass is 410 g/mol. The van der Waals surface area contributed by atoms with Gasteiger partial charge in [-0.2, -0.15) is 0 Å². The van der Waals surface area contributed by atoms with Crippen LogP contribution in [0.15, 0.2) is 42.5 Å². The van der Waals surface area contributed by atoms with Crippen LogP contribution in [0.1, 0.15) is 65.1 Å². The molecule has 0 radical (unpaired) electrons. The van der Waals surface area contributed by atoms with Crippen molar-refractivity contribution < 1.29 is 23.9 Å². The lowest BCUT2D eigenvalue weighted by Gasteiger charge is -2.36. The molecular weight excluding hydrogens is 380 g/mol. The number of ketones is 1. The Labute approximate surface area is 178 Å². The summed E-state index contributed by atoms with van der Waals surface area (Å²) in [5.74, 6) is -2.02. The topological polar surface area (TPSA) is 69.7 Å². The Morgan fingerprint density at radius 2 is 1.33 bits per heavy atom. The predicted octanol–water partition coefficient (Wildman–Crippen LogP) is 5.00. The molecule has 0 aromatic heterocycles. The summed E-state index contributed by atoms with van der Waals surface area (Å²) >= 11 is 0. The molecule has 2 rings (SSSR count). The molecule has 0 aliphatic carbocycles. The average molecular weight is 411 g/mol. The average Bonchev–Trinajstić information content (AvgIpc) is 2.67. The number of hydrogen-bond donors (Lipinski definition) is 0. The van der Waals surface area contributed by atoms with Gasteiger partial charge < -0.3 is 9.47 Å². The van der Waals surface area contributed by atoms with E-state index in [9.17, 15) is 14.4 Å². The third-order valence-corrected chi connectivity index (χ3v) is 5.76. The van der Waals surface area contributed by atoms with Crippen LogP contribution in [0.4, 0.5) is 0 Å². The van der Waals surface area contributed by atoms with E-state index in [1.807, 2.05) is 39.0 Å². The lowest BCUT2D eigenvalue weighted by Crippen LogP contribution is -2.43. The second-order valence-corrected chi connectivity index (χ2v) is 8.39. The molecule has 0 bridgehead atoms. The number of esters is 2. The van der Waals surface area contributed by atoms with Crippen molar-refractivity contribution >= 4 is 17.7 Å². The summed E-state index contributed by atoms with van der Waals surface area (Å²) in [5.41, 5.74) is 2.62. The second-order valence-electron chi connectivity index (χ2n) is 8.39. The van der Waals surface area contributed by atoms with Gasteiger partial charge in [0, 0.05) is 11.0 Å². The van der Waals surface area contributed by atoms with E-state index in [2.05, 4.69) is 0 Å². The molecule has 0 aliphatic rings. The van der Waals surface area contributed by atoms with Crippen LogP contribution in [0.2, 0.25) is 0 Å². The molecule has 0 fully saturated rings. The van der Waals surface area contributed by atoms with Gasteiger partial charge in [0.05, 0.1) is 5.56 Å². The number of ether oxygens (including phenoxy) is 2. The van der Waals surface area contributed by atoms with Crippen LogP contribution in [0.25, 0.3) is 0 Å². The van der Waals surface area contributed by atoms with E-state index >= 15 is 0 Å². The molecule has 160 valence electrons. The summed E-state index contributed by atoms with van der Waals surface area (Å²) in [4.78, 5) is 37.7. The maximum absolute atomic E-state index is 12.7. The molecule has 2 atom stereocenters. The third kappa shape index (κ3) is 5.15. The summed E-state index contributed by atoms with van der Waals surface area (Å²) in [6.07, 6.45) is -1.20. The van der Waals surface area contributed by atoms with Crippen LogP contribution < -0.4 is 0 Å². The third-order valence-electron chi connectivity index (χ3n) is 5.76. The zero-order valence-corrected chi connectivity index (χ0v) is 18.7. The predicted molar refractivity (Wildman–Crippen MR) is 116 cm³/mol. The lowest BCUT2D eigenvalue weighted by molar-refractivity contribution is -0.152. The number of aryl methyl sites for hydroxylation is 3. The first-order chi connectivity index (χ1) is 13.9. The molecule has 30 heavy (non-hydrogen) atoms. The molecule has 0 N–H and O–H groups in total. The molecule has 2 aromatic carbocycles. The number of Topliss-reactive ketones (excluding diaryl/α,β-unsaturated/α-hetero) is 1. The summed E-state index contributed by atoms with van der Waals surface area (Å²) in [7, 11) is 0. The minimum Gasteiger partial charge on any atom is -0.458 e. The number of rotatable bonds is 7. The van der Waals surface area contributed by atoms with Crippen molar-refractivity contribution in [3.63, 3.8) is 0 Å². The Hall–Kier alpha value is -2.95. The molecule has 5 nitrogen and oxygen atoms in total. The van der Waals surface area contributed by atoms with E-state index in [0.717, 1.165) is 16.7 Å². The van der Waals surface area contributed by atoms with Gasteiger partial charge in [-0.1, -0.05) is 49.7 Å². The number of hydrogen-bond acceptors (Lipinski definition) is 5. The van der Waals surface area contributed by atoms with Crippen LogP contribution in [-0.4, -0.2) is 29.9 Å². The van der Waals surface area contributed by atoms with Gasteiger partial charge in [0.15, 0.2) is 0 Å². The molecule has 0 spiro atoms. The van der Waals surface area contributed by atoms with Crippen molar-refractivity contribution in [2.45, 2.75) is 60.7 Å². The zero-order chi connectivity index (χ0) is 22.6. The van der Waals surface area contributed by atoms with E-state index in [-0.39, 0.29) is 0 Å². The van der Waals surface area contributed by atoms with Crippen molar-refractivity contribution in [3.05, 3.63) is 70.3 Å². The van der Waals surface area contributed by atoms with Gasteiger partial charge >= 0.3 is 11.9 Å². The highest BCUT2D eigenvalue weighted by atomic mass is 16.6. The smallest absolute Gasteiger partial charge is 0.379 e. The van der Waals surface area contributed by atoms with Gasteiger partial charge in [-0.3, -0.25) is 4.79 Å². The zero-order valence-electron chi connectivity index (χ0n) is 18.7. The van der Waals surface area contributed by atoms with Crippen molar-refractivity contribution in [2.24, 2.45) is 5.41 Å². The Bertz CT molecular complexity index is 920. The van der Waals surface area contributed by atoms with Crippen LogP contribution in [0, 0.1) is 26.2 Å². The maximum Gasteiger partial charge on any atom is 0.379 e. The van der Waals surface area contributed by atoms with Crippen molar-refractivity contribution in [3.8, 4) is 0 Å². The van der Waals surface area contributed by atoms with Crippen LogP contribution in [0.5, 0.6) is 0 Å². The Kier molecular flexibility index (Phi) is 7.19. The fourth-order valence-corrected chi connectivity index (χ4v) is 3.29. The minimum absolute atomic E-state index is 0.374. The number of carbonyl (C=O) groups excluding carboxylic acids is 3. The normalized spacial score (nSPS) is 13.3. The highest BCUT2D eigenvalue weighted by molar-refractivity contribution is 6.41. The van der Waals surface area contributed by atoms with Gasteiger partial charge in [-0.15, -0.1) is 0 Å². The van der Waals surface area contributed by atoms with E-state index in [1.165, 1.54) is 0 Å². The van der Waals surface area contributed by atoms with Gasteiger partial charge in [0.25, 0.3) is 5.78 Å². The summed E-state index contributed by atoms with van der Waals surface area (Å²) in [5, 5.41) is 0. The highest BCUT2D eigenvalue weighted by Gasteiger charge is 2.38. The quantitative estimate of drug-likeness (QED) is 0.365. The fourth-order valence-electron chi connectivity index (χ4n) is 3.29. The van der Waals surface area contributed by atoms with E-state index in [1.54, 1.807) is 52.0 Å². The fraction of sp³-hybridized carbons (Fsp3) is 0.400. The molecule has 0 saturated heterocycles. The maximum atomic E-state index is 12.7. The number of carbonyl (C=O) groups is 3. The molecule has 2 aromatic rings. The summed E-state index contributed by atoms with van der Waals surface area (Å²) in [6.45, 7) is 12.7. The van der Waals surface area contributed by atoms with E-state index in [0.29, 0.717) is 11.1 Å². The van der Waals surface area contributed by atoms with Gasteiger partial charge in [-0.05, 0) is 57.9 Å². The minimum atomic E-state index is -0.910. The second kappa shape index (κ2) is 9.24. The summed E-state index contributed by atoms with van der Waals surface area (Å²) < 4.78 is 11.1. The molecule has 0 saturated carbocycles. The van der Waals surface area contributed by atoms with Crippen LogP contribution >= 0.6 is 0 Å². The molecule has 0 amide bonds. The SMILES string of the molecule is Cc1cc(C)c(C(=O)C(=O)OC(C)C(C)(C)C(C)OC(=O)c2ccccc2)c(C)c1. The standard InChI is InChI=1S/C25H30O5/c1-15-13-16(2)21(17(3)14-15)22(26)24(28)30-19(5)25(6,7)18(4)29-23(27)20-11-9-8-10-12-20/h8-14,18-19H,1-7H3. The number of benzene rings is 2. The largest absolute Gasteiger partial charge is 0.458 e. The van der Waals surface area contributed by atoms with Gasteiger partial charge in [-0.25, -0.2) is 9.59 Å². The van der Waals surface area contributed by atoms with Gasteiger partial charge in [0.2, 0.25) is 0 Å². The molecule has 0 heterocycles. The lowest BCUT2D eigenvalue weighted by atomic mass is 9.82. The first-order valence-corrected chi connectivity index (χ1v) is 10.0. The molecule has 2 unspecified atom stereocenters. The van der Waals surface area contributed by atoms with Crippen LogP contribution in [-0.2, 0) is 14.3 Å². The Morgan fingerprint density at radius 1 is 0.833 bits per heavy atom. The van der Waals surface area contributed by atoms with E-state index in [4.69, 9.17) is 9.47 Å². The van der Waals surface area contributed by atoms with Crippen molar-refractivity contribution in [2.75, 3.05) is 0 Å². The van der Waals surface area contributed by atoms with Gasteiger partial charge in [0.1, 0.15) is 12.2 Å². The highest BCUT2D eigenvalue weighted by Crippen LogP contribution is 2.31. The first kappa shape index (κ1) is 23.3. The Balaban J connectivity index is 2.09. The van der Waals surface area contributed by atoms with Crippen molar-refractivity contribution in [1.29, 1.82) is 0 Å². The molecular formula is C25H30O5. The summed E-state index contributed by atoms with van der Waals surface area (Å²) in [6, 6.07) is 12.4. The van der Waals surface area contributed by atoms with Crippen molar-refractivity contribution in [1.82, 2.24) is 0 Å². The molecule has 0 aliphatic heterocycles. The molecule has 5 heteroatoms. The van der Waals surface area contributed by atoms with Crippen LogP contribution in [0.3, 0.4) is 0 Å². The first-order valence-electron chi connectivity index (χ1n) is 10.0. The Morgan fingerprint density at radius 3 is 1.87 bits per heavy atom. The van der Waals surface area contributed by atoms with E-state index < -0.39 is 35.3 Å².